The van der Waals surface area contributed by atoms with E-state index in [0.29, 0.717) is 17.5 Å². The van der Waals surface area contributed by atoms with E-state index >= 15 is 0 Å². The van der Waals surface area contributed by atoms with E-state index in [1.54, 1.807) is 0 Å². The standard InChI is InChI=1S/C22H24O8/c1-2-3-10-29-22(28)20(13-15-5-8-17(24)19(26)12-15)30-21(27)9-6-14-4-7-16(23)18(25)11-14/h4-9,11-12,20,23-26H,2-3,10,13H2,1H3/b9-6+/t20-/m1/s1. The van der Waals surface area contributed by atoms with E-state index in [-0.39, 0.29) is 36.0 Å². The lowest BCUT2D eigenvalue weighted by atomic mass is 10.1. The van der Waals surface area contributed by atoms with E-state index in [0.717, 1.165) is 12.5 Å². The quantitative estimate of drug-likeness (QED) is 0.212. The van der Waals surface area contributed by atoms with Crippen molar-refractivity contribution in [3.05, 3.63) is 53.6 Å². The van der Waals surface area contributed by atoms with Gasteiger partial charge >= 0.3 is 11.9 Å². The molecule has 0 spiro atoms. The maximum absolute atomic E-state index is 12.4. The summed E-state index contributed by atoms with van der Waals surface area (Å²) in [5.74, 6) is -2.83. The van der Waals surface area contributed by atoms with Gasteiger partial charge in [-0.05, 0) is 47.9 Å². The zero-order valence-electron chi connectivity index (χ0n) is 16.4. The molecule has 0 unspecified atom stereocenters. The largest absolute Gasteiger partial charge is 0.504 e. The van der Waals surface area contributed by atoms with Gasteiger partial charge in [0, 0.05) is 12.5 Å². The first-order valence-electron chi connectivity index (χ1n) is 9.38. The van der Waals surface area contributed by atoms with Gasteiger partial charge in [0.2, 0.25) is 6.10 Å². The normalized spacial score (nSPS) is 11.9. The number of ether oxygens (including phenoxy) is 2. The summed E-state index contributed by atoms with van der Waals surface area (Å²) < 4.78 is 10.4. The van der Waals surface area contributed by atoms with Gasteiger partial charge in [0.1, 0.15) is 0 Å². The lowest BCUT2D eigenvalue weighted by Crippen LogP contribution is -2.31. The second-order valence-electron chi connectivity index (χ2n) is 6.56. The molecule has 2 aromatic carbocycles. The van der Waals surface area contributed by atoms with E-state index in [1.807, 2.05) is 6.92 Å². The van der Waals surface area contributed by atoms with Crippen LogP contribution in [0, 0.1) is 0 Å². The van der Waals surface area contributed by atoms with Crippen LogP contribution in [0.3, 0.4) is 0 Å². The summed E-state index contributed by atoms with van der Waals surface area (Å²) in [6.45, 7) is 2.13. The summed E-state index contributed by atoms with van der Waals surface area (Å²) in [6.07, 6.45) is 2.61. The summed E-state index contributed by atoms with van der Waals surface area (Å²) in [5, 5.41) is 37.9. The first-order chi connectivity index (χ1) is 14.3. The highest BCUT2D eigenvalue weighted by Gasteiger charge is 2.24. The molecule has 0 saturated carbocycles. The number of carbonyl (C=O) groups is 2. The van der Waals surface area contributed by atoms with Gasteiger partial charge in [0.15, 0.2) is 23.0 Å². The second kappa shape index (κ2) is 10.8. The van der Waals surface area contributed by atoms with Crippen molar-refractivity contribution in [3.8, 4) is 23.0 Å². The zero-order valence-corrected chi connectivity index (χ0v) is 16.4. The summed E-state index contributed by atoms with van der Waals surface area (Å²) in [5.41, 5.74) is 0.899. The van der Waals surface area contributed by atoms with Gasteiger partial charge in [-0.3, -0.25) is 0 Å². The highest BCUT2D eigenvalue weighted by Crippen LogP contribution is 2.26. The van der Waals surface area contributed by atoms with Crippen LogP contribution in [0.2, 0.25) is 0 Å². The number of carbonyl (C=O) groups excluding carboxylic acids is 2. The lowest BCUT2D eigenvalue weighted by molar-refractivity contribution is -0.165. The fourth-order valence-corrected chi connectivity index (χ4v) is 2.48. The van der Waals surface area contributed by atoms with Crippen molar-refractivity contribution in [1.82, 2.24) is 0 Å². The molecule has 0 heterocycles. The Hall–Kier alpha value is -3.68. The molecule has 2 aromatic rings. The third-order valence-corrected chi connectivity index (χ3v) is 4.14. The van der Waals surface area contributed by atoms with Crippen LogP contribution in [0.4, 0.5) is 0 Å². The van der Waals surface area contributed by atoms with Gasteiger partial charge in [0.05, 0.1) is 6.61 Å². The average molecular weight is 416 g/mol. The molecule has 2 rings (SSSR count). The number of aromatic hydroxyl groups is 4. The van der Waals surface area contributed by atoms with Gasteiger partial charge in [-0.1, -0.05) is 25.5 Å². The Morgan fingerprint density at radius 3 is 2.27 bits per heavy atom. The molecule has 0 aliphatic carbocycles. The third-order valence-electron chi connectivity index (χ3n) is 4.14. The molecular weight excluding hydrogens is 392 g/mol. The molecule has 0 fully saturated rings. The number of rotatable bonds is 9. The van der Waals surface area contributed by atoms with Crippen LogP contribution in [0.15, 0.2) is 42.5 Å². The first-order valence-corrected chi connectivity index (χ1v) is 9.38. The maximum Gasteiger partial charge on any atom is 0.347 e. The first kappa shape index (κ1) is 22.6. The number of phenolic OH excluding ortho intramolecular Hbond substituents is 4. The van der Waals surface area contributed by atoms with Crippen LogP contribution in [0.5, 0.6) is 23.0 Å². The predicted molar refractivity (Wildman–Crippen MR) is 108 cm³/mol. The number of phenols is 4. The highest BCUT2D eigenvalue weighted by atomic mass is 16.6. The molecule has 8 heteroatoms. The van der Waals surface area contributed by atoms with Crippen LogP contribution in [0.25, 0.3) is 6.08 Å². The Morgan fingerprint density at radius 2 is 1.63 bits per heavy atom. The monoisotopic (exact) mass is 416 g/mol. The van der Waals surface area contributed by atoms with E-state index < -0.39 is 18.0 Å². The Kier molecular flexibility index (Phi) is 8.10. The van der Waals surface area contributed by atoms with Gasteiger partial charge in [-0.25, -0.2) is 9.59 Å². The van der Waals surface area contributed by atoms with Gasteiger partial charge in [-0.15, -0.1) is 0 Å². The Bertz CT molecular complexity index is 919. The van der Waals surface area contributed by atoms with Crippen molar-refractivity contribution >= 4 is 18.0 Å². The molecule has 8 nitrogen and oxygen atoms in total. The van der Waals surface area contributed by atoms with Crippen LogP contribution in [0.1, 0.15) is 30.9 Å². The fraction of sp³-hybridized carbons (Fsp3) is 0.273. The smallest absolute Gasteiger partial charge is 0.347 e. The Balaban J connectivity index is 2.10. The minimum Gasteiger partial charge on any atom is -0.504 e. The Morgan fingerprint density at radius 1 is 0.967 bits per heavy atom. The van der Waals surface area contributed by atoms with Crippen LogP contribution >= 0.6 is 0 Å². The fourth-order valence-electron chi connectivity index (χ4n) is 2.48. The van der Waals surface area contributed by atoms with E-state index in [4.69, 9.17) is 9.47 Å². The van der Waals surface area contributed by atoms with E-state index in [9.17, 15) is 30.0 Å². The highest BCUT2D eigenvalue weighted by molar-refractivity contribution is 5.89. The third kappa shape index (κ3) is 6.73. The molecule has 0 saturated heterocycles. The van der Waals surface area contributed by atoms with Gasteiger partial charge in [0.25, 0.3) is 0 Å². The van der Waals surface area contributed by atoms with Crippen molar-refractivity contribution in [2.45, 2.75) is 32.3 Å². The molecule has 1 atom stereocenters. The van der Waals surface area contributed by atoms with E-state index in [1.165, 1.54) is 42.5 Å². The predicted octanol–water partition coefficient (Wildman–Crippen LogP) is 3.02. The summed E-state index contributed by atoms with van der Waals surface area (Å²) >= 11 is 0. The maximum atomic E-state index is 12.4. The molecule has 0 aliphatic heterocycles. The number of hydrogen-bond acceptors (Lipinski definition) is 8. The minimum atomic E-state index is -1.25. The molecule has 160 valence electrons. The average Bonchev–Trinajstić information content (AvgIpc) is 2.71. The second-order valence-corrected chi connectivity index (χ2v) is 6.56. The molecule has 0 aromatic heterocycles. The Labute approximate surface area is 173 Å². The van der Waals surface area contributed by atoms with Crippen molar-refractivity contribution < 1.29 is 39.5 Å². The van der Waals surface area contributed by atoms with Crippen LogP contribution < -0.4 is 0 Å². The van der Waals surface area contributed by atoms with Crippen LogP contribution in [-0.4, -0.2) is 45.1 Å². The van der Waals surface area contributed by atoms with Crippen LogP contribution in [-0.2, 0) is 25.5 Å². The van der Waals surface area contributed by atoms with Crippen molar-refractivity contribution in [2.24, 2.45) is 0 Å². The number of benzene rings is 2. The lowest BCUT2D eigenvalue weighted by Gasteiger charge is -2.16. The molecule has 30 heavy (non-hydrogen) atoms. The summed E-state index contributed by atoms with van der Waals surface area (Å²) in [6, 6.07) is 8.03. The zero-order chi connectivity index (χ0) is 22.1. The number of unbranched alkanes of at least 4 members (excludes halogenated alkanes) is 1. The number of hydrogen-bond donors (Lipinski definition) is 4. The van der Waals surface area contributed by atoms with Gasteiger partial charge < -0.3 is 29.9 Å². The van der Waals surface area contributed by atoms with Crippen molar-refractivity contribution in [1.29, 1.82) is 0 Å². The van der Waals surface area contributed by atoms with Crippen molar-refractivity contribution in [3.63, 3.8) is 0 Å². The molecule has 0 amide bonds. The molecule has 0 bridgehead atoms. The summed E-state index contributed by atoms with van der Waals surface area (Å²) in [4.78, 5) is 24.6. The van der Waals surface area contributed by atoms with E-state index in [2.05, 4.69) is 0 Å². The van der Waals surface area contributed by atoms with Gasteiger partial charge in [-0.2, -0.15) is 0 Å². The topological polar surface area (TPSA) is 134 Å². The molecular formula is C22H24O8. The molecule has 0 aliphatic rings. The number of esters is 2. The summed E-state index contributed by atoms with van der Waals surface area (Å²) in [7, 11) is 0. The molecule has 0 radical (unpaired) electrons. The minimum absolute atomic E-state index is 0.0572. The van der Waals surface area contributed by atoms with Crippen molar-refractivity contribution in [2.75, 3.05) is 6.61 Å². The molecule has 4 N–H and O–H groups in total. The SMILES string of the molecule is CCCCOC(=O)[C@@H](Cc1ccc(O)c(O)c1)OC(=O)/C=C/c1ccc(O)c(O)c1.